The Bertz CT molecular complexity index is 616. The van der Waals surface area contributed by atoms with Crippen molar-refractivity contribution in [3.63, 3.8) is 0 Å². The minimum Gasteiger partial charge on any atom is -0.452 e. The molecule has 1 heterocycles. The molecule has 0 spiro atoms. The Morgan fingerprint density at radius 1 is 1.24 bits per heavy atom. The monoisotopic (exact) mass is 350 g/mol. The third-order valence-corrected chi connectivity index (χ3v) is 3.56. The second-order valence-electron chi connectivity index (χ2n) is 5.52. The van der Waals surface area contributed by atoms with E-state index in [1.807, 2.05) is 6.92 Å². The third-order valence-electron chi connectivity index (χ3n) is 3.56. The largest absolute Gasteiger partial charge is 0.452 e. The van der Waals surface area contributed by atoms with Gasteiger partial charge in [-0.15, -0.1) is 0 Å². The molecule has 1 aromatic rings. The number of amides is 2. The van der Waals surface area contributed by atoms with E-state index in [2.05, 4.69) is 5.32 Å². The number of nitrogens with zero attached hydrogens (tertiary/aromatic N) is 1. The number of hydrogen-bond donors (Lipinski definition) is 1. The quantitative estimate of drug-likeness (QED) is 0.812. The lowest BCUT2D eigenvalue weighted by molar-refractivity contribution is -0.141. The number of esters is 1. The molecule has 1 unspecified atom stereocenters. The summed E-state index contributed by atoms with van der Waals surface area (Å²) in [6, 6.07) is 6.12. The molecule has 1 aromatic carbocycles. The van der Waals surface area contributed by atoms with Crippen molar-refractivity contribution in [3.05, 3.63) is 29.8 Å². The summed E-state index contributed by atoms with van der Waals surface area (Å²) in [6.07, 6.45) is -0.587. The van der Waals surface area contributed by atoms with Gasteiger partial charge >= 0.3 is 12.1 Å². The Morgan fingerprint density at radius 3 is 2.60 bits per heavy atom. The predicted octanol–water partition coefficient (Wildman–Crippen LogP) is 1.66. The van der Waals surface area contributed by atoms with Crippen LogP contribution in [-0.2, 0) is 19.0 Å². The van der Waals surface area contributed by atoms with Crippen LogP contribution in [-0.4, -0.2) is 61.9 Å². The van der Waals surface area contributed by atoms with E-state index in [1.54, 1.807) is 24.0 Å². The molecule has 0 saturated carbocycles. The van der Waals surface area contributed by atoms with Crippen molar-refractivity contribution in [2.45, 2.75) is 20.0 Å². The van der Waals surface area contributed by atoms with E-state index in [4.69, 9.17) is 14.2 Å². The van der Waals surface area contributed by atoms with E-state index in [-0.39, 0.29) is 30.8 Å². The third kappa shape index (κ3) is 5.75. The van der Waals surface area contributed by atoms with E-state index < -0.39 is 12.1 Å². The van der Waals surface area contributed by atoms with Crippen LogP contribution in [0.3, 0.4) is 0 Å². The highest BCUT2D eigenvalue weighted by Crippen LogP contribution is 2.11. The van der Waals surface area contributed by atoms with Crippen LogP contribution in [0.5, 0.6) is 0 Å². The molecule has 0 aromatic heterocycles. The number of nitrogens with one attached hydrogen (secondary N) is 1. The highest BCUT2D eigenvalue weighted by molar-refractivity contribution is 5.92. The average molecular weight is 350 g/mol. The zero-order valence-corrected chi connectivity index (χ0v) is 14.3. The molecule has 136 valence electrons. The highest BCUT2D eigenvalue weighted by atomic mass is 16.5. The van der Waals surface area contributed by atoms with Gasteiger partial charge in [-0.2, -0.15) is 0 Å². The zero-order valence-electron chi connectivity index (χ0n) is 14.3. The van der Waals surface area contributed by atoms with Crippen LogP contribution in [0.25, 0.3) is 0 Å². The van der Waals surface area contributed by atoms with Gasteiger partial charge < -0.3 is 19.1 Å². The van der Waals surface area contributed by atoms with Crippen LogP contribution in [0, 0.1) is 0 Å². The number of ether oxygens (including phenoxy) is 3. The van der Waals surface area contributed by atoms with Gasteiger partial charge in [-0.1, -0.05) is 0 Å². The van der Waals surface area contributed by atoms with Crippen LogP contribution in [0.15, 0.2) is 24.3 Å². The maximum absolute atomic E-state index is 12.0. The molecule has 1 fully saturated rings. The topological polar surface area (TPSA) is 94.2 Å². The smallest absolute Gasteiger partial charge is 0.411 e. The van der Waals surface area contributed by atoms with Crippen molar-refractivity contribution in [1.82, 2.24) is 4.90 Å². The van der Waals surface area contributed by atoms with Gasteiger partial charge in [0.05, 0.1) is 24.9 Å². The van der Waals surface area contributed by atoms with Gasteiger partial charge in [0, 0.05) is 18.8 Å². The predicted molar refractivity (Wildman–Crippen MR) is 89.4 cm³/mol. The number of rotatable bonds is 5. The summed E-state index contributed by atoms with van der Waals surface area (Å²) in [4.78, 5) is 37.0. The van der Waals surface area contributed by atoms with E-state index in [0.717, 1.165) is 0 Å². The summed E-state index contributed by atoms with van der Waals surface area (Å²) in [5, 5.41) is 2.52. The Morgan fingerprint density at radius 2 is 1.96 bits per heavy atom. The molecule has 1 atom stereocenters. The number of anilines is 1. The molecule has 1 aliphatic heterocycles. The Hall–Kier alpha value is -2.61. The van der Waals surface area contributed by atoms with Crippen LogP contribution < -0.4 is 5.32 Å². The van der Waals surface area contributed by atoms with Gasteiger partial charge in [0.15, 0.2) is 6.61 Å². The molecule has 25 heavy (non-hydrogen) atoms. The fraction of sp³-hybridized carbons (Fsp3) is 0.471. The fourth-order valence-electron chi connectivity index (χ4n) is 2.32. The molecule has 8 nitrogen and oxygen atoms in total. The molecule has 0 aliphatic carbocycles. The molecule has 0 bridgehead atoms. The molecule has 1 aliphatic rings. The number of morpholine rings is 1. The van der Waals surface area contributed by atoms with Crippen molar-refractivity contribution in [2.75, 3.05) is 38.2 Å². The lowest BCUT2D eigenvalue weighted by atomic mass is 10.2. The van der Waals surface area contributed by atoms with Gasteiger partial charge in [-0.05, 0) is 38.1 Å². The van der Waals surface area contributed by atoms with Crippen LogP contribution in [0.1, 0.15) is 24.2 Å². The van der Waals surface area contributed by atoms with Crippen molar-refractivity contribution >= 4 is 23.7 Å². The number of hydrogen-bond acceptors (Lipinski definition) is 6. The molecular weight excluding hydrogens is 328 g/mol. The van der Waals surface area contributed by atoms with E-state index >= 15 is 0 Å². The minimum atomic E-state index is -0.600. The fourth-order valence-corrected chi connectivity index (χ4v) is 2.32. The Labute approximate surface area is 146 Å². The van der Waals surface area contributed by atoms with Crippen molar-refractivity contribution in [3.8, 4) is 0 Å². The summed E-state index contributed by atoms with van der Waals surface area (Å²) in [7, 11) is 0. The molecule has 1 saturated heterocycles. The van der Waals surface area contributed by atoms with Gasteiger partial charge in [-0.3, -0.25) is 10.1 Å². The van der Waals surface area contributed by atoms with Gasteiger partial charge in [0.2, 0.25) is 0 Å². The van der Waals surface area contributed by atoms with E-state index in [1.165, 1.54) is 12.1 Å². The second-order valence-corrected chi connectivity index (χ2v) is 5.52. The maximum atomic E-state index is 12.0. The zero-order chi connectivity index (χ0) is 18.2. The molecule has 1 N–H and O–H groups in total. The molecule has 8 heteroatoms. The summed E-state index contributed by atoms with van der Waals surface area (Å²) in [5.41, 5.74) is 0.783. The van der Waals surface area contributed by atoms with Gasteiger partial charge in [-0.25, -0.2) is 9.59 Å². The standard InChI is InChI=1S/C17H22N2O6/c1-3-23-17(22)18-14-6-4-13(5-7-14)16(21)25-11-15(20)19-8-9-24-12(2)10-19/h4-7,12H,3,8-11H2,1-2H3,(H,18,22). The first-order valence-corrected chi connectivity index (χ1v) is 8.10. The van der Waals surface area contributed by atoms with E-state index in [0.29, 0.717) is 25.4 Å². The Kier molecular flexibility index (Phi) is 6.76. The van der Waals surface area contributed by atoms with Gasteiger partial charge in [0.25, 0.3) is 5.91 Å². The van der Waals surface area contributed by atoms with Crippen molar-refractivity contribution in [1.29, 1.82) is 0 Å². The van der Waals surface area contributed by atoms with Crippen molar-refractivity contribution < 1.29 is 28.6 Å². The van der Waals surface area contributed by atoms with E-state index in [9.17, 15) is 14.4 Å². The molecular formula is C17H22N2O6. The molecule has 2 rings (SSSR count). The normalized spacial score (nSPS) is 16.9. The van der Waals surface area contributed by atoms with Gasteiger partial charge in [0.1, 0.15) is 0 Å². The maximum Gasteiger partial charge on any atom is 0.411 e. The molecule has 2 amide bonds. The first-order valence-electron chi connectivity index (χ1n) is 8.10. The molecule has 0 radical (unpaired) electrons. The second kappa shape index (κ2) is 9.03. The highest BCUT2D eigenvalue weighted by Gasteiger charge is 2.22. The summed E-state index contributed by atoms with van der Waals surface area (Å²) < 4.78 is 15.2. The number of carbonyl (C=O) groups is 3. The van der Waals surface area contributed by atoms with Crippen molar-refractivity contribution in [2.24, 2.45) is 0 Å². The summed E-state index contributed by atoms with van der Waals surface area (Å²) in [5.74, 6) is -0.846. The SMILES string of the molecule is CCOC(=O)Nc1ccc(C(=O)OCC(=O)N2CCOC(C)C2)cc1. The summed E-state index contributed by atoms with van der Waals surface area (Å²) >= 11 is 0. The lowest BCUT2D eigenvalue weighted by Gasteiger charge is -2.30. The average Bonchev–Trinajstić information content (AvgIpc) is 2.60. The number of benzene rings is 1. The Balaban J connectivity index is 1.82. The first kappa shape index (κ1) is 18.7. The lowest BCUT2D eigenvalue weighted by Crippen LogP contribution is -2.46. The first-order chi connectivity index (χ1) is 12.0. The minimum absolute atomic E-state index is 0.0205. The van der Waals surface area contributed by atoms with Crippen LogP contribution in [0.4, 0.5) is 10.5 Å². The van der Waals surface area contributed by atoms with Crippen LogP contribution in [0.2, 0.25) is 0 Å². The number of carbonyl (C=O) groups excluding carboxylic acids is 3. The summed E-state index contributed by atoms with van der Waals surface area (Å²) in [6.45, 7) is 5.02. The van der Waals surface area contributed by atoms with Crippen LogP contribution >= 0.6 is 0 Å².